The van der Waals surface area contributed by atoms with Crippen molar-refractivity contribution in [2.24, 2.45) is 10.7 Å². The fourth-order valence-corrected chi connectivity index (χ4v) is 2.42. The van der Waals surface area contributed by atoms with Gasteiger partial charge in [0.1, 0.15) is 5.75 Å². The Bertz CT molecular complexity index is 781. The zero-order valence-electron chi connectivity index (χ0n) is 16.1. The molecule has 2 aromatic rings. The second kappa shape index (κ2) is 10.3. The average molecular weight is 393 g/mol. The Kier molecular flexibility index (Phi) is 7.86. The maximum atomic E-state index is 12.8. The molecular weight excluding hydrogens is 368 g/mol. The molecule has 0 atom stereocenters. The van der Waals surface area contributed by atoms with Crippen LogP contribution >= 0.6 is 0 Å². The Morgan fingerprint density at radius 2 is 1.82 bits per heavy atom. The average Bonchev–Trinajstić information content (AvgIpc) is 2.63. The summed E-state index contributed by atoms with van der Waals surface area (Å²) in [7, 11) is 0. The van der Waals surface area contributed by atoms with Gasteiger partial charge in [-0.2, -0.15) is 8.78 Å². The van der Waals surface area contributed by atoms with Gasteiger partial charge in [-0.15, -0.1) is 0 Å². The quantitative estimate of drug-likeness (QED) is 0.488. The molecule has 0 bridgehead atoms. The largest absolute Gasteiger partial charge is 0.491 e. The molecule has 8 heteroatoms. The summed E-state index contributed by atoms with van der Waals surface area (Å²) in [5.74, 6) is 1.09. The maximum absolute atomic E-state index is 12.8. The number of nitrogens with two attached hydrogens (primary N) is 1. The lowest BCUT2D eigenvalue weighted by Gasteiger charge is -2.14. The van der Waals surface area contributed by atoms with Gasteiger partial charge in [0.15, 0.2) is 17.5 Å². The standard InChI is InChI=1S/C20H25F2N3O3/c1-4-26-17-7-5-6-14(18(17)28-19(21)22)12-24-20(23)25-15-8-10-16(11-9-15)27-13(2)3/h5-11,13,19H,4,12H2,1-3H3,(H3,23,24,25). The highest BCUT2D eigenvalue weighted by molar-refractivity contribution is 5.92. The molecule has 0 spiro atoms. The fourth-order valence-electron chi connectivity index (χ4n) is 2.42. The predicted molar refractivity (Wildman–Crippen MR) is 105 cm³/mol. The van der Waals surface area contributed by atoms with E-state index in [0.29, 0.717) is 12.2 Å². The number of rotatable bonds is 9. The van der Waals surface area contributed by atoms with E-state index in [2.05, 4.69) is 15.0 Å². The van der Waals surface area contributed by atoms with Crippen molar-refractivity contribution < 1.29 is 23.0 Å². The number of hydrogen-bond donors (Lipinski definition) is 2. The van der Waals surface area contributed by atoms with Gasteiger partial charge in [-0.25, -0.2) is 4.99 Å². The highest BCUT2D eigenvalue weighted by Crippen LogP contribution is 2.33. The first-order valence-electron chi connectivity index (χ1n) is 8.92. The molecule has 0 aliphatic heterocycles. The second-order valence-electron chi connectivity index (χ2n) is 6.07. The van der Waals surface area contributed by atoms with Crippen molar-refractivity contribution in [2.45, 2.75) is 40.0 Å². The van der Waals surface area contributed by atoms with E-state index in [-0.39, 0.29) is 30.1 Å². The molecule has 2 rings (SSSR count). The minimum atomic E-state index is -2.97. The van der Waals surface area contributed by atoms with Crippen LogP contribution in [0.5, 0.6) is 17.2 Å². The van der Waals surface area contributed by atoms with Gasteiger partial charge in [0.25, 0.3) is 0 Å². The maximum Gasteiger partial charge on any atom is 0.387 e. The van der Waals surface area contributed by atoms with E-state index in [9.17, 15) is 8.78 Å². The van der Waals surface area contributed by atoms with Gasteiger partial charge < -0.3 is 25.3 Å². The third-order valence-corrected chi connectivity index (χ3v) is 3.49. The van der Waals surface area contributed by atoms with E-state index in [1.807, 2.05) is 26.0 Å². The molecule has 0 saturated heterocycles. The number of nitrogens with zero attached hydrogens (tertiary/aromatic N) is 1. The number of guanidine groups is 1. The van der Waals surface area contributed by atoms with E-state index in [0.717, 1.165) is 11.4 Å². The zero-order chi connectivity index (χ0) is 20.5. The summed E-state index contributed by atoms with van der Waals surface area (Å²) in [6.07, 6.45) is 0.0857. The molecule has 0 unspecified atom stereocenters. The van der Waals surface area contributed by atoms with E-state index in [4.69, 9.17) is 15.2 Å². The van der Waals surface area contributed by atoms with Gasteiger partial charge in [0.2, 0.25) is 0 Å². The number of aliphatic imine (C=N–C) groups is 1. The number of anilines is 1. The molecule has 6 nitrogen and oxygen atoms in total. The van der Waals surface area contributed by atoms with Crippen LogP contribution in [0, 0.1) is 0 Å². The van der Waals surface area contributed by atoms with E-state index in [1.165, 1.54) is 0 Å². The van der Waals surface area contributed by atoms with Crippen LogP contribution in [-0.2, 0) is 6.54 Å². The molecule has 0 fully saturated rings. The first kappa shape index (κ1) is 21.3. The monoisotopic (exact) mass is 393 g/mol. The van der Waals surface area contributed by atoms with Crippen molar-refractivity contribution >= 4 is 11.6 Å². The van der Waals surface area contributed by atoms with Gasteiger partial charge in [-0.1, -0.05) is 12.1 Å². The van der Waals surface area contributed by atoms with Gasteiger partial charge in [-0.05, 0) is 51.1 Å². The van der Waals surface area contributed by atoms with Crippen LogP contribution < -0.4 is 25.3 Å². The van der Waals surface area contributed by atoms with Crippen LogP contribution in [0.25, 0.3) is 0 Å². The summed E-state index contributed by atoms with van der Waals surface area (Å²) in [6.45, 7) is 3.07. The number of para-hydroxylation sites is 1. The highest BCUT2D eigenvalue weighted by Gasteiger charge is 2.15. The minimum Gasteiger partial charge on any atom is -0.491 e. The first-order valence-corrected chi connectivity index (χ1v) is 8.92. The van der Waals surface area contributed by atoms with Gasteiger partial charge in [-0.3, -0.25) is 0 Å². The SMILES string of the molecule is CCOc1cccc(CN=C(N)Nc2ccc(OC(C)C)cc2)c1OC(F)F. The number of alkyl halides is 2. The summed E-state index contributed by atoms with van der Waals surface area (Å²) in [5, 5.41) is 2.94. The number of benzene rings is 2. The Morgan fingerprint density at radius 1 is 1.11 bits per heavy atom. The fraction of sp³-hybridized carbons (Fsp3) is 0.350. The Balaban J connectivity index is 2.08. The molecule has 3 N–H and O–H groups in total. The van der Waals surface area contributed by atoms with Gasteiger partial charge in [0, 0.05) is 11.3 Å². The molecule has 152 valence electrons. The summed E-state index contributed by atoms with van der Waals surface area (Å²) >= 11 is 0. The van der Waals surface area contributed by atoms with E-state index >= 15 is 0 Å². The normalized spacial score (nSPS) is 11.6. The summed E-state index contributed by atoms with van der Waals surface area (Å²) in [5.41, 5.74) is 7.08. The molecule has 2 aromatic carbocycles. The number of halogens is 2. The second-order valence-corrected chi connectivity index (χ2v) is 6.07. The molecule has 0 aliphatic rings. The van der Waals surface area contributed by atoms with Crippen molar-refractivity contribution in [3.05, 3.63) is 48.0 Å². The number of ether oxygens (including phenoxy) is 3. The van der Waals surface area contributed by atoms with Gasteiger partial charge >= 0.3 is 6.61 Å². The van der Waals surface area contributed by atoms with E-state index in [1.54, 1.807) is 37.3 Å². The minimum absolute atomic E-state index is 0.0360. The Hall–Kier alpha value is -3.03. The molecule has 0 heterocycles. The van der Waals surface area contributed by atoms with Crippen LogP contribution in [0.4, 0.5) is 14.5 Å². The van der Waals surface area contributed by atoms with Crippen LogP contribution in [0.2, 0.25) is 0 Å². The van der Waals surface area contributed by atoms with E-state index < -0.39 is 6.61 Å². The highest BCUT2D eigenvalue weighted by atomic mass is 19.3. The molecular formula is C20H25F2N3O3. The lowest BCUT2D eigenvalue weighted by Crippen LogP contribution is -2.22. The molecule has 0 aromatic heterocycles. The molecule has 0 saturated carbocycles. The summed E-state index contributed by atoms with van der Waals surface area (Å²) < 4.78 is 41.1. The molecule has 0 amide bonds. The third-order valence-electron chi connectivity index (χ3n) is 3.49. The van der Waals surface area contributed by atoms with Crippen LogP contribution in [0.15, 0.2) is 47.5 Å². The van der Waals surface area contributed by atoms with Crippen LogP contribution in [0.3, 0.4) is 0 Å². The van der Waals surface area contributed by atoms with Crippen molar-refractivity contribution in [3.8, 4) is 17.2 Å². The van der Waals surface area contributed by atoms with Crippen molar-refractivity contribution in [1.29, 1.82) is 0 Å². The van der Waals surface area contributed by atoms with Crippen LogP contribution in [-0.4, -0.2) is 25.3 Å². The molecule has 0 radical (unpaired) electrons. The summed E-state index contributed by atoms with van der Waals surface area (Å²) in [4.78, 5) is 4.20. The summed E-state index contributed by atoms with van der Waals surface area (Å²) in [6, 6.07) is 12.1. The topological polar surface area (TPSA) is 78.1 Å². The smallest absolute Gasteiger partial charge is 0.387 e. The number of nitrogens with one attached hydrogen (secondary N) is 1. The lowest BCUT2D eigenvalue weighted by molar-refractivity contribution is -0.0520. The van der Waals surface area contributed by atoms with Crippen molar-refractivity contribution in [2.75, 3.05) is 11.9 Å². The van der Waals surface area contributed by atoms with Crippen molar-refractivity contribution in [3.63, 3.8) is 0 Å². The molecule has 0 aliphatic carbocycles. The molecule has 28 heavy (non-hydrogen) atoms. The first-order chi connectivity index (χ1) is 13.4. The third kappa shape index (κ3) is 6.61. The van der Waals surface area contributed by atoms with Crippen LogP contribution in [0.1, 0.15) is 26.3 Å². The predicted octanol–water partition coefficient (Wildman–Crippen LogP) is 4.40. The number of hydrogen-bond acceptors (Lipinski definition) is 4. The Labute approximate surface area is 163 Å². The zero-order valence-corrected chi connectivity index (χ0v) is 16.1. The van der Waals surface area contributed by atoms with Gasteiger partial charge in [0.05, 0.1) is 19.3 Å². The van der Waals surface area contributed by atoms with Crippen molar-refractivity contribution in [1.82, 2.24) is 0 Å². The Morgan fingerprint density at radius 3 is 2.43 bits per heavy atom. The lowest BCUT2D eigenvalue weighted by atomic mass is 10.2.